The van der Waals surface area contributed by atoms with Gasteiger partial charge in [-0.1, -0.05) is 0 Å². The largest absolute Gasteiger partial charge is 0.361 e. The Morgan fingerprint density at radius 1 is 1.88 bits per heavy atom. The molecule has 0 atom stereocenters. The first-order valence-electron chi connectivity index (χ1n) is 2.51. The van der Waals surface area contributed by atoms with Gasteiger partial charge in [0, 0.05) is 7.05 Å². The van der Waals surface area contributed by atoms with Crippen molar-refractivity contribution in [3.8, 4) is 6.07 Å². The molecule has 2 nitrogen and oxygen atoms in total. The fraction of sp³-hybridized carbons (Fsp3) is 0.333. The molecule has 0 unspecified atom stereocenters. The fourth-order valence-electron chi connectivity index (χ4n) is 0.689. The first-order chi connectivity index (χ1) is 3.84. The van der Waals surface area contributed by atoms with Crippen molar-refractivity contribution in [3.05, 3.63) is 18.3 Å². The van der Waals surface area contributed by atoms with Crippen LogP contribution in [0.4, 0.5) is 0 Å². The number of rotatable bonds is 0. The molecule has 1 rings (SSSR count). The van der Waals surface area contributed by atoms with Crippen molar-refractivity contribution in [2.45, 2.75) is 6.42 Å². The molecule has 0 aliphatic carbocycles. The molecule has 0 saturated heterocycles. The quantitative estimate of drug-likeness (QED) is 0.459. The highest BCUT2D eigenvalue weighted by Crippen LogP contribution is 2.13. The third-order valence-corrected chi connectivity index (χ3v) is 1.19. The summed E-state index contributed by atoms with van der Waals surface area (Å²) in [5.74, 6) is 0. The van der Waals surface area contributed by atoms with Gasteiger partial charge in [-0.2, -0.15) is 5.26 Å². The summed E-state index contributed by atoms with van der Waals surface area (Å²) in [6.07, 6.45) is 2.80. The Morgan fingerprint density at radius 2 is 2.62 bits per heavy atom. The highest BCUT2D eigenvalue weighted by Gasteiger charge is 2.08. The average Bonchev–Trinajstić information content (AvgIpc) is 2.14. The maximum absolute atomic E-state index is 8.36. The molecule has 0 aromatic carbocycles. The smallest absolute Gasteiger partial charge is 0.117 e. The molecule has 0 aromatic rings. The summed E-state index contributed by atoms with van der Waals surface area (Å²) in [6.45, 7) is 1.97. The standard InChI is InChI=1S/C6H7N2/c1-8-4-2-3-6(8)5-7/h3-4H,2H2,1H3. The molecule has 41 valence electrons. The van der Waals surface area contributed by atoms with Gasteiger partial charge in [-0.3, -0.25) is 0 Å². The van der Waals surface area contributed by atoms with Gasteiger partial charge in [-0.25, -0.2) is 0 Å². The van der Waals surface area contributed by atoms with Crippen LogP contribution in [0, 0.1) is 17.9 Å². The third kappa shape index (κ3) is 0.671. The van der Waals surface area contributed by atoms with Gasteiger partial charge in [0.25, 0.3) is 0 Å². The highest BCUT2D eigenvalue weighted by molar-refractivity contribution is 5.24. The predicted molar refractivity (Wildman–Crippen MR) is 30.4 cm³/mol. The van der Waals surface area contributed by atoms with Crippen molar-refractivity contribution in [2.75, 3.05) is 7.05 Å². The SMILES string of the molecule is CN1[CH]CC=C1C#N. The number of nitriles is 1. The number of hydrogen-bond acceptors (Lipinski definition) is 2. The molecule has 0 amide bonds. The van der Waals surface area contributed by atoms with Crippen molar-refractivity contribution >= 4 is 0 Å². The summed E-state index contributed by atoms with van der Waals surface area (Å²) in [5, 5.41) is 8.36. The van der Waals surface area contributed by atoms with Gasteiger partial charge in [-0.15, -0.1) is 0 Å². The molecule has 0 spiro atoms. The lowest BCUT2D eigenvalue weighted by Gasteiger charge is -2.06. The second kappa shape index (κ2) is 1.87. The molecule has 1 aliphatic heterocycles. The zero-order chi connectivity index (χ0) is 5.98. The Bertz CT molecular complexity index is 152. The van der Waals surface area contributed by atoms with Gasteiger partial charge in [0.15, 0.2) is 0 Å². The number of hydrogen-bond donors (Lipinski definition) is 0. The maximum Gasteiger partial charge on any atom is 0.117 e. The van der Waals surface area contributed by atoms with Gasteiger partial charge in [0.1, 0.15) is 11.8 Å². The Balaban J connectivity index is 2.66. The fourth-order valence-corrected chi connectivity index (χ4v) is 0.689. The van der Waals surface area contributed by atoms with E-state index in [1.165, 1.54) is 0 Å². The molecule has 0 fully saturated rings. The minimum Gasteiger partial charge on any atom is -0.361 e. The van der Waals surface area contributed by atoms with E-state index in [9.17, 15) is 0 Å². The molecule has 2 heteroatoms. The van der Waals surface area contributed by atoms with Gasteiger partial charge >= 0.3 is 0 Å². The van der Waals surface area contributed by atoms with Crippen molar-refractivity contribution in [1.29, 1.82) is 5.26 Å². The van der Waals surface area contributed by atoms with Crippen LogP contribution >= 0.6 is 0 Å². The van der Waals surface area contributed by atoms with E-state index >= 15 is 0 Å². The monoisotopic (exact) mass is 107 g/mol. The Labute approximate surface area is 49.0 Å². The molecule has 0 bridgehead atoms. The molecule has 0 N–H and O–H groups in total. The normalized spacial score (nSPS) is 18.0. The van der Waals surface area contributed by atoms with Gasteiger partial charge in [0.2, 0.25) is 0 Å². The minimum absolute atomic E-state index is 0.755. The lowest BCUT2D eigenvalue weighted by Crippen LogP contribution is -2.06. The second-order valence-electron chi connectivity index (χ2n) is 1.73. The maximum atomic E-state index is 8.36. The molecular weight excluding hydrogens is 100 g/mol. The lowest BCUT2D eigenvalue weighted by atomic mass is 10.4. The molecule has 1 radical (unpaired) electrons. The minimum atomic E-state index is 0.755. The van der Waals surface area contributed by atoms with Crippen LogP contribution in [0.3, 0.4) is 0 Å². The van der Waals surface area contributed by atoms with Crippen LogP contribution in [-0.4, -0.2) is 11.9 Å². The van der Waals surface area contributed by atoms with Crippen molar-refractivity contribution < 1.29 is 0 Å². The first-order valence-corrected chi connectivity index (χ1v) is 2.51. The van der Waals surface area contributed by atoms with E-state index in [1.807, 2.05) is 24.6 Å². The summed E-state index contributed by atoms with van der Waals surface area (Å²) in [4.78, 5) is 1.83. The van der Waals surface area contributed by atoms with Crippen molar-refractivity contribution in [3.63, 3.8) is 0 Å². The van der Waals surface area contributed by atoms with Crippen LogP contribution in [0.2, 0.25) is 0 Å². The van der Waals surface area contributed by atoms with Crippen LogP contribution in [0.1, 0.15) is 6.42 Å². The molecule has 0 saturated carbocycles. The van der Waals surface area contributed by atoms with E-state index in [2.05, 4.69) is 6.07 Å². The molecule has 0 aromatic heterocycles. The summed E-state index contributed by atoms with van der Waals surface area (Å²) >= 11 is 0. The molecule has 1 aliphatic rings. The highest BCUT2D eigenvalue weighted by atomic mass is 15.1. The van der Waals surface area contributed by atoms with E-state index in [0.29, 0.717) is 0 Å². The van der Waals surface area contributed by atoms with Crippen molar-refractivity contribution in [2.24, 2.45) is 0 Å². The summed E-state index contributed by atoms with van der Waals surface area (Å²) in [5.41, 5.74) is 0.755. The van der Waals surface area contributed by atoms with Gasteiger partial charge in [-0.05, 0) is 12.5 Å². The first kappa shape index (κ1) is 5.17. The molecule has 1 heterocycles. The Morgan fingerprint density at radius 3 is 2.88 bits per heavy atom. The van der Waals surface area contributed by atoms with Crippen LogP contribution < -0.4 is 0 Å². The van der Waals surface area contributed by atoms with Crippen LogP contribution in [0.15, 0.2) is 11.8 Å². The van der Waals surface area contributed by atoms with E-state index in [-0.39, 0.29) is 0 Å². The van der Waals surface area contributed by atoms with Crippen molar-refractivity contribution in [1.82, 2.24) is 4.90 Å². The van der Waals surface area contributed by atoms with E-state index in [1.54, 1.807) is 0 Å². The number of allylic oxidation sites excluding steroid dienone is 1. The third-order valence-electron chi connectivity index (χ3n) is 1.19. The zero-order valence-corrected chi connectivity index (χ0v) is 4.76. The Hall–Kier alpha value is -0.970. The van der Waals surface area contributed by atoms with Crippen LogP contribution in [0.5, 0.6) is 0 Å². The predicted octanol–water partition coefficient (Wildman–Crippen LogP) is 0.891. The van der Waals surface area contributed by atoms with Gasteiger partial charge in [0.05, 0.1) is 6.54 Å². The average molecular weight is 107 g/mol. The van der Waals surface area contributed by atoms with E-state index in [4.69, 9.17) is 5.26 Å². The van der Waals surface area contributed by atoms with E-state index < -0.39 is 0 Å². The Kier molecular flexibility index (Phi) is 1.21. The summed E-state index contributed by atoms with van der Waals surface area (Å²) < 4.78 is 0. The topological polar surface area (TPSA) is 27.0 Å². The molecule has 8 heavy (non-hydrogen) atoms. The zero-order valence-electron chi connectivity index (χ0n) is 4.76. The molecular formula is C6H7N2. The van der Waals surface area contributed by atoms with Gasteiger partial charge < -0.3 is 4.90 Å². The van der Waals surface area contributed by atoms with E-state index in [0.717, 1.165) is 12.1 Å². The summed E-state index contributed by atoms with van der Waals surface area (Å²) in [7, 11) is 1.88. The lowest BCUT2D eigenvalue weighted by molar-refractivity contribution is 0.549. The van der Waals surface area contributed by atoms with Crippen LogP contribution in [0.25, 0.3) is 0 Å². The van der Waals surface area contributed by atoms with Crippen LogP contribution in [-0.2, 0) is 0 Å². The number of nitrogens with zero attached hydrogens (tertiary/aromatic N) is 2. The second-order valence-corrected chi connectivity index (χ2v) is 1.73. The summed E-state index contributed by atoms with van der Waals surface area (Å²) in [6, 6.07) is 2.07.